The van der Waals surface area contributed by atoms with Crippen molar-refractivity contribution in [3.05, 3.63) is 56.5 Å². The Morgan fingerprint density at radius 2 is 1.96 bits per heavy atom. The third-order valence-electron chi connectivity index (χ3n) is 2.91. The van der Waals surface area contributed by atoms with E-state index in [1.54, 1.807) is 43.5 Å². The fourth-order valence-electron chi connectivity index (χ4n) is 1.82. The van der Waals surface area contributed by atoms with Gasteiger partial charge in [-0.15, -0.1) is 0 Å². The SMILES string of the molecule is COCCOc1ccc(Br)cc1C(=O)Nc1ccc(Cl)cc1Cl. The van der Waals surface area contributed by atoms with Gasteiger partial charge < -0.3 is 14.8 Å². The van der Waals surface area contributed by atoms with Gasteiger partial charge in [0.05, 0.1) is 22.9 Å². The first-order valence-corrected chi connectivity index (χ1v) is 8.24. The zero-order valence-corrected chi connectivity index (χ0v) is 15.3. The molecule has 2 aromatic carbocycles. The maximum absolute atomic E-state index is 12.5. The first-order chi connectivity index (χ1) is 11.0. The highest BCUT2D eigenvalue weighted by molar-refractivity contribution is 9.10. The molecule has 1 N–H and O–H groups in total. The number of nitrogens with one attached hydrogen (secondary N) is 1. The molecular formula is C16H14BrCl2NO3. The van der Waals surface area contributed by atoms with Gasteiger partial charge in [-0.2, -0.15) is 0 Å². The van der Waals surface area contributed by atoms with Crippen molar-refractivity contribution in [3.8, 4) is 5.75 Å². The molecule has 2 rings (SSSR count). The fourth-order valence-corrected chi connectivity index (χ4v) is 2.64. The van der Waals surface area contributed by atoms with E-state index in [0.29, 0.717) is 40.3 Å². The van der Waals surface area contributed by atoms with E-state index in [-0.39, 0.29) is 5.91 Å². The summed E-state index contributed by atoms with van der Waals surface area (Å²) in [6, 6.07) is 10.1. The van der Waals surface area contributed by atoms with Gasteiger partial charge in [-0.1, -0.05) is 39.1 Å². The zero-order valence-electron chi connectivity index (χ0n) is 12.2. The van der Waals surface area contributed by atoms with Gasteiger partial charge in [-0.05, 0) is 36.4 Å². The molecule has 0 atom stereocenters. The lowest BCUT2D eigenvalue weighted by molar-refractivity contribution is 0.101. The van der Waals surface area contributed by atoms with Gasteiger partial charge in [0.25, 0.3) is 5.91 Å². The maximum atomic E-state index is 12.5. The van der Waals surface area contributed by atoms with E-state index in [2.05, 4.69) is 21.2 Å². The minimum atomic E-state index is -0.331. The van der Waals surface area contributed by atoms with Gasteiger partial charge in [-0.3, -0.25) is 4.79 Å². The van der Waals surface area contributed by atoms with Crippen LogP contribution in [0.15, 0.2) is 40.9 Å². The van der Waals surface area contributed by atoms with E-state index >= 15 is 0 Å². The monoisotopic (exact) mass is 417 g/mol. The molecule has 0 radical (unpaired) electrons. The lowest BCUT2D eigenvalue weighted by atomic mass is 10.2. The van der Waals surface area contributed by atoms with Crippen molar-refractivity contribution in [1.29, 1.82) is 0 Å². The Hall–Kier alpha value is -1.27. The van der Waals surface area contributed by atoms with Crippen molar-refractivity contribution in [1.82, 2.24) is 0 Å². The van der Waals surface area contributed by atoms with Crippen LogP contribution in [0.3, 0.4) is 0 Å². The molecule has 0 saturated heterocycles. The molecule has 0 heterocycles. The van der Waals surface area contributed by atoms with E-state index in [4.69, 9.17) is 32.7 Å². The summed E-state index contributed by atoms with van der Waals surface area (Å²) < 4.78 is 11.3. The highest BCUT2D eigenvalue weighted by Crippen LogP contribution is 2.28. The van der Waals surface area contributed by atoms with Gasteiger partial charge in [0.1, 0.15) is 12.4 Å². The van der Waals surface area contributed by atoms with Crippen LogP contribution < -0.4 is 10.1 Å². The first kappa shape index (κ1) is 18.1. The quantitative estimate of drug-likeness (QED) is 0.669. The van der Waals surface area contributed by atoms with Crippen LogP contribution in [-0.4, -0.2) is 26.2 Å². The number of methoxy groups -OCH3 is 1. The number of rotatable bonds is 6. The number of carbonyl (C=O) groups excluding carboxylic acids is 1. The van der Waals surface area contributed by atoms with E-state index in [1.165, 1.54) is 0 Å². The zero-order chi connectivity index (χ0) is 16.8. The van der Waals surface area contributed by atoms with Crippen LogP contribution in [0.4, 0.5) is 5.69 Å². The molecule has 0 spiro atoms. The molecule has 0 aliphatic heterocycles. The third-order valence-corrected chi connectivity index (χ3v) is 3.95. The highest BCUT2D eigenvalue weighted by Gasteiger charge is 2.15. The normalized spacial score (nSPS) is 10.4. The van der Waals surface area contributed by atoms with Crippen LogP contribution in [0.1, 0.15) is 10.4 Å². The number of ether oxygens (including phenoxy) is 2. The van der Waals surface area contributed by atoms with Crippen molar-refractivity contribution >= 4 is 50.7 Å². The summed E-state index contributed by atoms with van der Waals surface area (Å²) in [5.41, 5.74) is 0.866. The highest BCUT2D eigenvalue weighted by atomic mass is 79.9. The van der Waals surface area contributed by atoms with Crippen molar-refractivity contribution in [2.45, 2.75) is 0 Å². The Labute approximate surface area is 152 Å². The fraction of sp³-hybridized carbons (Fsp3) is 0.188. The number of hydrogen-bond donors (Lipinski definition) is 1. The third kappa shape index (κ3) is 5.11. The number of carbonyl (C=O) groups is 1. The molecule has 0 bridgehead atoms. The topological polar surface area (TPSA) is 47.6 Å². The maximum Gasteiger partial charge on any atom is 0.259 e. The Kier molecular flexibility index (Phi) is 6.72. The number of halogens is 3. The minimum absolute atomic E-state index is 0.331. The summed E-state index contributed by atoms with van der Waals surface area (Å²) in [6.07, 6.45) is 0. The molecule has 2 aromatic rings. The van der Waals surface area contributed by atoms with Gasteiger partial charge >= 0.3 is 0 Å². The number of hydrogen-bond acceptors (Lipinski definition) is 3. The molecule has 7 heteroatoms. The van der Waals surface area contributed by atoms with Crippen molar-refractivity contribution in [3.63, 3.8) is 0 Å². The predicted octanol–water partition coefficient (Wildman–Crippen LogP) is 5.03. The van der Waals surface area contributed by atoms with Crippen LogP contribution in [-0.2, 0) is 4.74 Å². The molecule has 122 valence electrons. The number of anilines is 1. The molecule has 0 aliphatic rings. The molecule has 4 nitrogen and oxygen atoms in total. The molecule has 0 aliphatic carbocycles. The average Bonchev–Trinajstić information content (AvgIpc) is 2.51. The lowest BCUT2D eigenvalue weighted by Crippen LogP contribution is -2.15. The van der Waals surface area contributed by atoms with E-state index in [9.17, 15) is 4.79 Å². The Morgan fingerprint density at radius 3 is 2.65 bits per heavy atom. The predicted molar refractivity (Wildman–Crippen MR) is 95.9 cm³/mol. The van der Waals surface area contributed by atoms with Gasteiger partial charge in [-0.25, -0.2) is 0 Å². The van der Waals surface area contributed by atoms with Crippen molar-refractivity contribution in [2.24, 2.45) is 0 Å². The van der Waals surface area contributed by atoms with Crippen LogP contribution in [0.5, 0.6) is 5.75 Å². The second-order valence-corrected chi connectivity index (χ2v) is 6.32. The lowest BCUT2D eigenvalue weighted by Gasteiger charge is -2.13. The molecule has 23 heavy (non-hydrogen) atoms. The van der Waals surface area contributed by atoms with Crippen LogP contribution in [0.25, 0.3) is 0 Å². The summed E-state index contributed by atoms with van der Waals surface area (Å²) in [7, 11) is 1.58. The average molecular weight is 419 g/mol. The largest absolute Gasteiger partial charge is 0.490 e. The summed E-state index contributed by atoms with van der Waals surface area (Å²) >= 11 is 15.3. The summed E-state index contributed by atoms with van der Waals surface area (Å²) in [6.45, 7) is 0.778. The Balaban J connectivity index is 2.21. The molecular weight excluding hydrogens is 405 g/mol. The number of benzene rings is 2. The minimum Gasteiger partial charge on any atom is -0.490 e. The van der Waals surface area contributed by atoms with Crippen LogP contribution >= 0.6 is 39.1 Å². The second kappa shape index (κ2) is 8.55. The second-order valence-electron chi connectivity index (χ2n) is 4.56. The van der Waals surface area contributed by atoms with Gasteiger partial charge in [0.15, 0.2) is 0 Å². The van der Waals surface area contributed by atoms with E-state index in [0.717, 1.165) is 4.47 Å². The smallest absolute Gasteiger partial charge is 0.259 e. The molecule has 0 unspecified atom stereocenters. The standard InChI is InChI=1S/C16H14BrCl2NO3/c1-22-6-7-23-15-5-2-10(17)8-12(15)16(21)20-14-4-3-11(18)9-13(14)19/h2-5,8-9H,6-7H2,1H3,(H,20,21). The molecule has 0 saturated carbocycles. The molecule has 0 aromatic heterocycles. The Bertz CT molecular complexity index is 710. The van der Waals surface area contributed by atoms with Crippen molar-refractivity contribution in [2.75, 3.05) is 25.6 Å². The summed E-state index contributed by atoms with van der Waals surface area (Å²) in [5, 5.41) is 3.61. The summed E-state index contributed by atoms with van der Waals surface area (Å²) in [4.78, 5) is 12.5. The van der Waals surface area contributed by atoms with Gasteiger partial charge in [0, 0.05) is 16.6 Å². The van der Waals surface area contributed by atoms with Gasteiger partial charge in [0.2, 0.25) is 0 Å². The molecule has 1 amide bonds. The van der Waals surface area contributed by atoms with Crippen LogP contribution in [0, 0.1) is 0 Å². The first-order valence-electron chi connectivity index (χ1n) is 6.69. The van der Waals surface area contributed by atoms with Crippen LogP contribution in [0.2, 0.25) is 10.0 Å². The van der Waals surface area contributed by atoms with Crippen molar-refractivity contribution < 1.29 is 14.3 Å². The number of amides is 1. The van der Waals surface area contributed by atoms with E-state index in [1.807, 2.05) is 0 Å². The van der Waals surface area contributed by atoms with E-state index < -0.39 is 0 Å². The Morgan fingerprint density at radius 1 is 1.17 bits per heavy atom. The summed E-state index contributed by atoms with van der Waals surface area (Å²) in [5.74, 6) is 0.135. The molecule has 0 fully saturated rings.